The fraction of sp³-hybridized carbons (Fsp3) is 0.167. The Balaban J connectivity index is 2.52. The topological polar surface area (TPSA) is 46.2 Å². The van der Waals surface area contributed by atoms with Crippen LogP contribution in [0.3, 0.4) is 0 Å². The third-order valence-electron chi connectivity index (χ3n) is 2.53. The number of aryl methyl sites for hydroxylation is 1. The predicted octanol–water partition coefficient (Wildman–Crippen LogP) is 2.95. The van der Waals surface area contributed by atoms with Crippen LogP contribution in [0.15, 0.2) is 29.6 Å². The van der Waals surface area contributed by atoms with Crippen molar-refractivity contribution < 1.29 is 9.50 Å². The summed E-state index contributed by atoms with van der Waals surface area (Å²) in [6.45, 7) is 1.72. The van der Waals surface area contributed by atoms with E-state index in [4.69, 9.17) is 5.73 Å². The Morgan fingerprint density at radius 2 is 2.12 bits per heavy atom. The molecular weight excluding hydrogens is 225 g/mol. The molecule has 16 heavy (non-hydrogen) atoms. The van der Waals surface area contributed by atoms with Gasteiger partial charge in [0.1, 0.15) is 11.6 Å². The van der Waals surface area contributed by atoms with Gasteiger partial charge in [0.15, 0.2) is 0 Å². The van der Waals surface area contributed by atoms with Gasteiger partial charge in [-0.2, -0.15) is 0 Å². The highest BCUT2D eigenvalue weighted by molar-refractivity contribution is 7.10. The van der Waals surface area contributed by atoms with Crippen LogP contribution in [0, 0.1) is 12.7 Å². The average Bonchev–Trinajstić information content (AvgIpc) is 2.77. The van der Waals surface area contributed by atoms with E-state index in [9.17, 15) is 9.50 Å². The summed E-state index contributed by atoms with van der Waals surface area (Å²) in [5.41, 5.74) is 6.74. The Morgan fingerprint density at radius 1 is 1.38 bits per heavy atom. The number of hydrogen-bond acceptors (Lipinski definition) is 3. The van der Waals surface area contributed by atoms with E-state index in [2.05, 4.69) is 0 Å². The van der Waals surface area contributed by atoms with Crippen molar-refractivity contribution >= 4 is 11.3 Å². The molecule has 1 heterocycles. The summed E-state index contributed by atoms with van der Waals surface area (Å²) in [7, 11) is 0. The minimum Gasteiger partial charge on any atom is -0.507 e. The van der Waals surface area contributed by atoms with Gasteiger partial charge in [-0.3, -0.25) is 0 Å². The smallest absolute Gasteiger partial charge is 0.132 e. The van der Waals surface area contributed by atoms with Gasteiger partial charge in [0.05, 0.1) is 11.6 Å². The number of benzene rings is 1. The molecule has 0 aliphatic carbocycles. The monoisotopic (exact) mass is 237 g/mol. The lowest BCUT2D eigenvalue weighted by atomic mass is 10.0. The molecule has 0 radical (unpaired) electrons. The molecule has 2 rings (SSSR count). The number of aromatic hydroxyl groups is 1. The number of phenolic OH excluding ortho intramolecular Hbond substituents is 1. The second-order valence-electron chi connectivity index (χ2n) is 3.62. The molecule has 0 saturated carbocycles. The zero-order chi connectivity index (χ0) is 11.7. The van der Waals surface area contributed by atoms with Crippen LogP contribution >= 0.6 is 11.3 Å². The summed E-state index contributed by atoms with van der Waals surface area (Å²) in [5.74, 6) is -0.523. The third-order valence-corrected chi connectivity index (χ3v) is 3.48. The number of nitrogens with two attached hydrogens (primary N) is 1. The van der Waals surface area contributed by atoms with Gasteiger partial charge in [0.2, 0.25) is 0 Å². The first kappa shape index (κ1) is 11.1. The molecule has 0 amide bonds. The third kappa shape index (κ3) is 1.81. The van der Waals surface area contributed by atoms with Crippen LogP contribution in [0.1, 0.15) is 22.0 Å². The first-order valence-corrected chi connectivity index (χ1v) is 5.76. The van der Waals surface area contributed by atoms with E-state index >= 15 is 0 Å². The summed E-state index contributed by atoms with van der Waals surface area (Å²) in [5, 5.41) is 11.7. The van der Waals surface area contributed by atoms with Crippen LogP contribution in [0.5, 0.6) is 5.75 Å². The SMILES string of the molecule is Cc1ccc(F)c([C@@H](N)c2cccs2)c1O. The molecule has 0 aliphatic rings. The van der Waals surface area contributed by atoms with Crippen molar-refractivity contribution in [2.75, 3.05) is 0 Å². The van der Waals surface area contributed by atoms with Crippen LogP contribution < -0.4 is 5.73 Å². The van der Waals surface area contributed by atoms with Crippen molar-refractivity contribution in [2.45, 2.75) is 13.0 Å². The first-order chi connectivity index (χ1) is 7.61. The number of thiophene rings is 1. The zero-order valence-electron chi connectivity index (χ0n) is 8.77. The van der Waals surface area contributed by atoms with E-state index in [0.29, 0.717) is 5.56 Å². The van der Waals surface area contributed by atoms with Crippen molar-refractivity contribution in [3.05, 3.63) is 51.5 Å². The lowest BCUT2D eigenvalue weighted by molar-refractivity contribution is 0.451. The minimum atomic E-state index is -0.611. The van der Waals surface area contributed by atoms with Gasteiger partial charge in [-0.05, 0) is 30.0 Å². The molecule has 0 fully saturated rings. The van der Waals surface area contributed by atoms with Crippen LogP contribution in [0.25, 0.3) is 0 Å². The van der Waals surface area contributed by atoms with Gasteiger partial charge in [-0.25, -0.2) is 4.39 Å². The van der Waals surface area contributed by atoms with Gasteiger partial charge >= 0.3 is 0 Å². The molecule has 1 aromatic heterocycles. The molecule has 4 heteroatoms. The second kappa shape index (κ2) is 4.23. The van der Waals surface area contributed by atoms with Crippen LogP contribution in [-0.2, 0) is 0 Å². The summed E-state index contributed by atoms with van der Waals surface area (Å²) in [6.07, 6.45) is 0. The number of halogens is 1. The van der Waals surface area contributed by atoms with Crippen LogP contribution in [-0.4, -0.2) is 5.11 Å². The van der Waals surface area contributed by atoms with Gasteiger partial charge in [0.25, 0.3) is 0 Å². The molecular formula is C12H12FNOS. The number of rotatable bonds is 2. The molecule has 0 spiro atoms. The molecule has 84 valence electrons. The van der Waals surface area contributed by atoms with Crippen molar-refractivity contribution in [1.82, 2.24) is 0 Å². The molecule has 3 N–H and O–H groups in total. The van der Waals surface area contributed by atoms with E-state index in [1.807, 2.05) is 17.5 Å². The molecule has 1 atom stereocenters. The Hall–Kier alpha value is -1.39. The van der Waals surface area contributed by atoms with Gasteiger partial charge in [-0.1, -0.05) is 12.1 Å². The highest BCUT2D eigenvalue weighted by atomic mass is 32.1. The normalized spacial score (nSPS) is 12.7. The predicted molar refractivity (Wildman–Crippen MR) is 63.2 cm³/mol. The van der Waals surface area contributed by atoms with E-state index < -0.39 is 11.9 Å². The first-order valence-electron chi connectivity index (χ1n) is 4.88. The fourth-order valence-corrected chi connectivity index (χ4v) is 2.33. The highest BCUT2D eigenvalue weighted by Gasteiger charge is 2.19. The average molecular weight is 237 g/mol. The van der Waals surface area contributed by atoms with E-state index in [1.54, 1.807) is 6.92 Å². The van der Waals surface area contributed by atoms with Crippen molar-refractivity contribution in [3.63, 3.8) is 0 Å². The van der Waals surface area contributed by atoms with Crippen molar-refractivity contribution in [2.24, 2.45) is 5.73 Å². The summed E-state index contributed by atoms with van der Waals surface area (Å²) in [6, 6.07) is 5.94. The van der Waals surface area contributed by atoms with E-state index in [-0.39, 0.29) is 11.3 Å². The molecule has 0 unspecified atom stereocenters. The Kier molecular flexibility index (Phi) is 2.94. The summed E-state index contributed by atoms with van der Waals surface area (Å²) < 4.78 is 13.6. The second-order valence-corrected chi connectivity index (χ2v) is 4.60. The van der Waals surface area contributed by atoms with Crippen molar-refractivity contribution in [1.29, 1.82) is 0 Å². The molecule has 2 aromatic rings. The van der Waals surface area contributed by atoms with E-state index in [1.165, 1.54) is 23.5 Å². The molecule has 2 nitrogen and oxygen atoms in total. The molecule has 0 saturated heterocycles. The minimum absolute atomic E-state index is 0.0547. The molecule has 0 aliphatic heterocycles. The number of hydrogen-bond donors (Lipinski definition) is 2. The maximum absolute atomic E-state index is 13.6. The Bertz CT molecular complexity index is 496. The zero-order valence-corrected chi connectivity index (χ0v) is 9.59. The molecule has 1 aromatic carbocycles. The van der Waals surface area contributed by atoms with E-state index in [0.717, 1.165) is 4.88 Å². The Labute approximate surface area is 97.2 Å². The lowest BCUT2D eigenvalue weighted by Gasteiger charge is -2.14. The fourth-order valence-electron chi connectivity index (χ4n) is 1.60. The van der Waals surface area contributed by atoms with Crippen LogP contribution in [0.2, 0.25) is 0 Å². The summed E-state index contributed by atoms with van der Waals surface area (Å²) in [4.78, 5) is 0.833. The number of phenols is 1. The quantitative estimate of drug-likeness (QED) is 0.843. The summed E-state index contributed by atoms with van der Waals surface area (Å²) >= 11 is 1.45. The van der Waals surface area contributed by atoms with Crippen molar-refractivity contribution in [3.8, 4) is 5.75 Å². The largest absolute Gasteiger partial charge is 0.507 e. The van der Waals surface area contributed by atoms with Crippen LogP contribution in [0.4, 0.5) is 4.39 Å². The lowest BCUT2D eigenvalue weighted by Crippen LogP contribution is -2.12. The standard InChI is InChI=1S/C12H12FNOS/c1-7-4-5-8(13)10(12(7)15)11(14)9-3-2-6-16-9/h2-6,11,15H,14H2,1H3/t11-/m0/s1. The maximum atomic E-state index is 13.6. The maximum Gasteiger partial charge on any atom is 0.132 e. The van der Waals surface area contributed by atoms with Gasteiger partial charge < -0.3 is 10.8 Å². The highest BCUT2D eigenvalue weighted by Crippen LogP contribution is 2.33. The molecule has 0 bridgehead atoms. The van der Waals surface area contributed by atoms with Gasteiger partial charge in [-0.15, -0.1) is 11.3 Å². The Morgan fingerprint density at radius 3 is 2.75 bits per heavy atom. The van der Waals surface area contributed by atoms with Gasteiger partial charge in [0, 0.05) is 4.88 Å².